The number of benzene rings is 1. The normalized spacial score (nSPS) is 21.9. The molecule has 1 aliphatic heterocycles. The van der Waals surface area contributed by atoms with E-state index in [0.717, 1.165) is 18.2 Å². The lowest BCUT2D eigenvalue weighted by Crippen LogP contribution is -2.34. The molecule has 1 aliphatic carbocycles. The number of piperidine rings is 1. The average Bonchev–Trinajstić information content (AvgIpc) is 3.40. The van der Waals surface area contributed by atoms with E-state index in [9.17, 15) is 9.59 Å². The maximum Gasteiger partial charge on any atom is 0.293 e. The van der Waals surface area contributed by atoms with Crippen molar-refractivity contribution in [2.45, 2.75) is 64.5 Å². The summed E-state index contributed by atoms with van der Waals surface area (Å²) in [5.41, 5.74) is 1.94. The predicted octanol–water partition coefficient (Wildman–Crippen LogP) is 3.05. The number of carbonyl (C=O) groups excluding carboxylic acids is 2. The quantitative estimate of drug-likeness (QED) is 0.652. The zero-order valence-corrected chi connectivity index (χ0v) is 17.6. The van der Waals surface area contributed by atoms with E-state index in [1.165, 1.54) is 44.8 Å². The Bertz CT molecular complexity index is 619. The van der Waals surface area contributed by atoms with Gasteiger partial charge < -0.3 is 20.7 Å². The van der Waals surface area contributed by atoms with Crippen molar-refractivity contribution in [3.05, 3.63) is 29.8 Å². The number of amides is 1. The summed E-state index contributed by atoms with van der Waals surface area (Å²) in [5.74, 6) is 1.48. The molecule has 1 aromatic carbocycles. The van der Waals surface area contributed by atoms with Gasteiger partial charge in [0.2, 0.25) is 5.91 Å². The molecule has 2 fully saturated rings. The Balaban J connectivity index is 0.000000345. The second kappa shape index (κ2) is 10.6. The van der Waals surface area contributed by atoms with E-state index in [1.54, 1.807) is 0 Å². The maximum absolute atomic E-state index is 11.0. The van der Waals surface area contributed by atoms with Crippen LogP contribution < -0.4 is 16.0 Å². The molecular weight excluding hydrogens is 354 g/mol. The van der Waals surface area contributed by atoms with Crippen molar-refractivity contribution in [3.8, 4) is 0 Å². The Labute approximate surface area is 168 Å². The van der Waals surface area contributed by atoms with Gasteiger partial charge >= 0.3 is 0 Å². The van der Waals surface area contributed by atoms with Gasteiger partial charge in [-0.3, -0.25) is 9.59 Å². The number of anilines is 1. The van der Waals surface area contributed by atoms with E-state index >= 15 is 0 Å². The highest BCUT2D eigenvalue weighted by Gasteiger charge is 2.38. The Morgan fingerprint density at radius 3 is 2.36 bits per heavy atom. The van der Waals surface area contributed by atoms with Crippen LogP contribution in [0.1, 0.15) is 58.4 Å². The van der Waals surface area contributed by atoms with E-state index in [1.807, 2.05) is 32.9 Å². The first-order valence-electron chi connectivity index (χ1n) is 10.2. The van der Waals surface area contributed by atoms with Gasteiger partial charge in [-0.05, 0) is 83.3 Å². The molecule has 6 nitrogen and oxygen atoms in total. The summed E-state index contributed by atoms with van der Waals surface area (Å²) in [6, 6.07) is 8.92. The summed E-state index contributed by atoms with van der Waals surface area (Å²) in [6.45, 7) is 11.0. The monoisotopic (exact) mass is 389 g/mol. The molecule has 3 rings (SSSR count). The molecule has 0 radical (unpaired) electrons. The van der Waals surface area contributed by atoms with Crippen molar-refractivity contribution < 1.29 is 14.3 Å². The number of ether oxygens (including phenoxy) is 1. The minimum absolute atomic E-state index is 0.0179. The van der Waals surface area contributed by atoms with Gasteiger partial charge in [-0.2, -0.15) is 0 Å². The fourth-order valence-electron chi connectivity index (χ4n) is 3.35. The summed E-state index contributed by atoms with van der Waals surface area (Å²) in [4.78, 5) is 20.6. The Kier molecular flexibility index (Phi) is 8.45. The van der Waals surface area contributed by atoms with Crippen LogP contribution in [0.4, 0.5) is 5.69 Å². The molecule has 0 bridgehead atoms. The van der Waals surface area contributed by atoms with Crippen LogP contribution in [0.15, 0.2) is 24.3 Å². The number of nitrogens with one attached hydrogen (secondary N) is 3. The molecule has 3 N–H and O–H groups in total. The van der Waals surface area contributed by atoms with Crippen LogP contribution in [-0.4, -0.2) is 43.7 Å². The molecule has 1 saturated heterocycles. The Morgan fingerprint density at radius 2 is 1.86 bits per heavy atom. The van der Waals surface area contributed by atoms with Gasteiger partial charge in [-0.15, -0.1) is 0 Å². The Morgan fingerprint density at radius 1 is 1.21 bits per heavy atom. The van der Waals surface area contributed by atoms with Crippen molar-refractivity contribution in [2.24, 2.45) is 5.92 Å². The average molecular weight is 390 g/mol. The smallest absolute Gasteiger partial charge is 0.293 e. The third-order valence-electron chi connectivity index (χ3n) is 4.98. The molecule has 2 aliphatic rings. The zero-order chi connectivity index (χ0) is 20.6. The molecule has 156 valence electrons. The zero-order valence-electron chi connectivity index (χ0n) is 17.6. The van der Waals surface area contributed by atoms with E-state index < -0.39 is 0 Å². The van der Waals surface area contributed by atoms with Crippen LogP contribution >= 0.6 is 0 Å². The highest BCUT2D eigenvalue weighted by molar-refractivity contribution is 5.88. The predicted molar refractivity (Wildman–Crippen MR) is 112 cm³/mol. The van der Waals surface area contributed by atoms with Gasteiger partial charge in [0.05, 0.1) is 0 Å². The summed E-state index contributed by atoms with van der Waals surface area (Å²) >= 11 is 0. The molecule has 1 heterocycles. The third kappa shape index (κ3) is 8.40. The summed E-state index contributed by atoms with van der Waals surface area (Å²) < 4.78 is 4.55. The molecule has 0 aromatic heterocycles. The van der Waals surface area contributed by atoms with Gasteiger partial charge in [0.15, 0.2) is 0 Å². The maximum atomic E-state index is 11.0. The van der Waals surface area contributed by atoms with Crippen LogP contribution in [0, 0.1) is 5.92 Å². The van der Waals surface area contributed by atoms with Crippen LogP contribution in [0.25, 0.3) is 0 Å². The van der Waals surface area contributed by atoms with Gasteiger partial charge in [0.25, 0.3) is 6.47 Å². The highest BCUT2D eigenvalue weighted by Crippen LogP contribution is 2.41. The number of hydrogen-bond acceptors (Lipinski definition) is 5. The van der Waals surface area contributed by atoms with Crippen molar-refractivity contribution in [1.82, 2.24) is 10.6 Å². The van der Waals surface area contributed by atoms with Crippen molar-refractivity contribution in [1.29, 1.82) is 0 Å². The minimum Gasteiger partial charge on any atom is -0.462 e. The summed E-state index contributed by atoms with van der Waals surface area (Å²) in [5, 5.41) is 9.95. The number of hydrogen-bond donors (Lipinski definition) is 3. The molecule has 0 spiro atoms. The van der Waals surface area contributed by atoms with Crippen LogP contribution in [0.2, 0.25) is 0 Å². The molecule has 1 saturated carbocycles. The standard InChI is InChI=1S/C17H25N3O.C5H10O2/c1-12(21)20-15-4-2-14(3-5-15)16-10-17(16)19-11-13-6-8-18-9-7-13;1-5(2,3)7-4-6/h2-5,13,16-19H,6-11H2,1H3,(H,20,21);4H,1-3H3/t16-,17+;/m0./s1. The lowest BCUT2D eigenvalue weighted by molar-refractivity contribution is -0.138. The second-order valence-electron chi connectivity index (χ2n) is 8.68. The van der Waals surface area contributed by atoms with Crippen molar-refractivity contribution in [3.63, 3.8) is 0 Å². The van der Waals surface area contributed by atoms with Gasteiger partial charge in [-0.1, -0.05) is 12.1 Å². The first-order valence-corrected chi connectivity index (χ1v) is 10.2. The molecule has 6 heteroatoms. The molecular formula is C22H35N3O3. The molecule has 2 atom stereocenters. The van der Waals surface area contributed by atoms with Gasteiger partial charge in [0.1, 0.15) is 5.60 Å². The van der Waals surface area contributed by atoms with Gasteiger partial charge in [-0.25, -0.2) is 0 Å². The highest BCUT2D eigenvalue weighted by atomic mass is 16.5. The fraction of sp³-hybridized carbons (Fsp3) is 0.636. The van der Waals surface area contributed by atoms with E-state index in [-0.39, 0.29) is 11.5 Å². The molecule has 1 amide bonds. The van der Waals surface area contributed by atoms with Gasteiger partial charge in [0, 0.05) is 24.6 Å². The SMILES string of the molecule is CC(=O)Nc1ccc([C@@H]2C[C@H]2NCC2CCNCC2)cc1.CC(C)(C)OC=O. The molecule has 28 heavy (non-hydrogen) atoms. The van der Waals surface area contributed by atoms with Crippen LogP contribution in [0.3, 0.4) is 0 Å². The minimum atomic E-state index is -0.318. The topological polar surface area (TPSA) is 79.5 Å². The summed E-state index contributed by atoms with van der Waals surface area (Å²) in [7, 11) is 0. The lowest BCUT2D eigenvalue weighted by Gasteiger charge is -2.22. The van der Waals surface area contributed by atoms with Crippen LogP contribution in [-0.2, 0) is 14.3 Å². The summed E-state index contributed by atoms with van der Waals surface area (Å²) in [6.07, 6.45) is 3.84. The van der Waals surface area contributed by atoms with Crippen molar-refractivity contribution in [2.75, 3.05) is 25.0 Å². The Hall–Kier alpha value is -1.92. The van der Waals surface area contributed by atoms with E-state index in [4.69, 9.17) is 0 Å². The molecule has 0 unspecified atom stereocenters. The van der Waals surface area contributed by atoms with E-state index in [0.29, 0.717) is 18.4 Å². The largest absolute Gasteiger partial charge is 0.462 e. The third-order valence-corrected chi connectivity index (χ3v) is 4.98. The van der Waals surface area contributed by atoms with Crippen molar-refractivity contribution >= 4 is 18.1 Å². The van der Waals surface area contributed by atoms with Crippen LogP contribution in [0.5, 0.6) is 0 Å². The fourth-order valence-corrected chi connectivity index (χ4v) is 3.35. The number of rotatable bonds is 6. The number of carbonyl (C=O) groups is 2. The first kappa shape index (κ1) is 22.4. The van der Waals surface area contributed by atoms with E-state index in [2.05, 4.69) is 32.8 Å². The molecule has 1 aromatic rings. The lowest BCUT2D eigenvalue weighted by atomic mass is 9.98. The second-order valence-corrected chi connectivity index (χ2v) is 8.68. The first-order chi connectivity index (χ1) is 13.3.